The van der Waals surface area contributed by atoms with Crippen molar-refractivity contribution in [3.63, 3.8) is 0 Å². The summed E-state index contributed by atoms with van der Waals surface area (Å²) in [6.45, 7) is 0.687. The lowest BCUT2D eigenvalue weighted by Crippen LogP contribution is -2.59. The van der Waals surface area contributed by atoms with Crippen LogP contribution in [0.25, 0.3) is 0 Å². The minimum Gasteiger partial charge on any atom is -0.395 e. The monoisotopic (exact) mass is 193 g/mol. The van der Waals surface area contributed by atoms with Gasteiger partial charge in [0.15, 0.2) is 0 Å². The molecular formula is C8H19NO4. The fourth-order valence-electron chi connectivity index (χ4n) is 0.997. The Hall–Kier alpha value is -0.200. The summed E-state index contributed by atoms with van der Waals surface area (Å²) in [4.78, 5) is 0. The first-order valence-corrected chi connectivity index (χ1v) is 4.39. The first-order valence-electron chi connectivity index (χ1n) is 4.39. The van der Waals surface area contributed by atoms with Gasteiger partial charge in [0.25, 0.3) is 0 Å². The molecule has 0 aliphatic carbocycles. The van der Waals surface area contributed by atoms with Gasteiger partial charge in [-0.3, -0.25) is 0 Å². The molecule has 0 aromatic heterocycles. The van der Waals surface area contributed by atoms with Crippen LogP contribution in [0.15, 0.2) is 0 Å². The summed E-state index contributed by atoms with van der Waals surface area (Å²) in [7, 11) is 0. The van der Waals surface area contributed by atoms with Crippen molar-refractivity contribution >= 4 is 0 Å². The molecule has 5 heteroatoms. The van der Waals surface area contributed by atoms with E-state index in [1.807, 2.05) is 6.92 Å². The zero-order valence-electron chi connectivity index (χ0n) is 7.90. The first-order chi connectivity index (χ1) is 6.17. The number of nitrogens with one attached hydrogen (secondary N) is 1. The van der Waals surface area contributed by atoms with E-state index in [1.165, 1.54) is 0 Å². The van der Waals surface area contributed by atoms with Crippen LogP contribution < -0.4 is 5.32 Å². The second kappa shape index (κ2) is 6.28. The van der Waals surface area contributed by atoms with Crippen molar-refractivity contribution in [1.29, 1.82) is 0 Å². The molecule has 1 atom stereocenters. The van der Waals surface area contributed by atoms with Gasteiger partial charge in [0.1, 0.15) is 0 Å². The van der Waals surface area contributed by atoms with Gasteiger partial charge < -0.3 is 25.7 Å². The van der Waals surface area contributed by atoms with E-state index in [0.29, 0.717) is 6.42 Å². The van der Waals surface area contributed by atoms with Crippen molar-refractivity contribution in [3.8, 4) is 0 Å². The Morgan fingerprint density at radius 2 is 1.54 bits per heavy atom. The fourth-order valence-corrected chi connectivity index (χ4v) is 0.997. The maximum atomic E-state index is 8.95. The van der Waals surface area contributed by atoms with Crippen LogP contribution in [0, 0.1) is 0 Å². The number of hydrogen-bond donors (Lipinski definition) is 5. The van der Waals surface area contributed by atoms with Crippen LogP contribution >= 0.6 is 0 Å². The van der Waals surface area contributed by atoms with Gasteiger partial charge in [-0.15, -0.1) is 0 Å². The van der Waals surface area contributed by atoms with E-state index in [4.69, 9.17) is 20.4 Å². The van der Waals surface area contributed by atoms with Crippen molar-refractivity contribution in [1.82, 2.24) is 5.32 Å². The van der Waals surface area contributed by atoms with Crippen molar-refractivity contribution in [2.75, 3.05) is 26.4 Å². The van der Waals surface area contributed by atoms with Crippen LogP contribution in [0.1, 0.15) is 13.3 Å². The predicted molar refractivity (Wildman–Crippen MR) is 48.3 cm³/mol. The van der Waals surface area contributed by atoms with E-state index >= 15 is 0 Å². The molecule has 0 aromatic rings. The van der Waals surface area contributed by atoms with Crippen molar-refractivity contribution < 1.29 is 20.4 Å². The largest absolute Gasteiger partial charge is 0.395 e. The topological polar surface area (TPSA) is 93.0 Å². The maximum absolute atomic E-state index is 8.95. The van der Waals surface area contributed by atoms with Crippen molar-refractivity contribution in [2.45, 2.75) is 24.9 Å². The predicted octanol–water partition coefficient (Wildman–Crippen LogP) is -1.94. The average Bonchev–Trinajstić information content (AvgIpc) is 2.21. The smallest absolute Gasteiger partial charge is 0.0884 e. The number of aliphatic hydroxyl groups excluding tert-OH is 4. The molecule has 5 N–H and O–H groups in total. The Morgan fingerprint density at radius 1 is 1.08 bits per heavy atom. The van der Waals surface area contributed by atoms with E-state index < -0.39 is 5.54 Å². The van der Waals surface area contributed by atoms with Gasteiger partial charge in [-0.1, -0.05) is 6.92 Å². The lowest BCUT2D eigenvalue weighted by Gasteiger charge is -2.32. The molecule has 0 heterocycles. The highest BCUT2D eigenvalue weighted by Gasteiger charge is 2.29. The Morgan fingerprint density at radius 3 is 1.77 bits per heavy atom. The third-order valence-corrected chi connectivity index (χ3v) is 2.13. The highest BCUT2D eigenvalue weighted by molar-refractivity contribution is 4.89. The SMILES string of the molecule is CCC(CO)NC(CO)(CO)CO. The molecule has 13 heavy (non-hydrogen) atoms. The minimum atomic E-state index is -1.09. The lowest BCUT2D eigenvalue weighted by molar-refractivity contribution is 0.0275. The van der Waals surface area contributed by atoms with Crippen molar-refractivity contribution in [2.24, 2.45) is 0 Å². The summed E-state index contributed by atoms with van der Waals surface area (Å²) in [5, 5.41) is 38.5. The highest BCUT2D eigenvalue weighted by atomic mass is 16.3. The van der Waals surface area contributed by atoms with E-state index in [0.717, 1.165) is 0 Å². The molecule has 0 fully saturated rings. The van der Waals surface area contributed by atoms with E-state index in [9.17, 15) is 0 Å². The van der Waals surface area contributed by atoms with Crippen LogP contribution in [0.2, 0.25) is 0 Å². The highest BCUT2D eigenvalue weighted by Crippen LogP contribution is 2.04. The second-order valence-corrected chi connectivity index (χ2v) is 3.19. The standard InChI is InChI=1S/C8H19NO4/c1-2-7(3-10)9-8(4-11,5-12)6-13/h7,9-13H,2-6H2,1H3. The lowest BCUT2D eigenvalue weighted by atomic mass is 10.0. The third-order valence-electron chi connectivity index (χ3n) is 2.13. The summed E-state index contributed by atoms with van der Waals surface area (Å²) < 4.78 is 0. The molecule has 5 nitrogen and oxygen atoms in total. The molecule has 0 spiro atoms. The van der Waals surface area contributed by atoms with Gasteiger partial charge in [-0.05, 0) is 6.42 Å². The molecule has 0 aromatic carbocycles. The van der Waals surface area contributed by atoms with E-state index in [-0.39, 0.29) is 32.5 Å². The van der Waals surface area contributed by atoms with Gasteiger partial charge in [-0.2, -0.15) is 0 Å². The first kappa shape index (κ1) is 12.8. The number of aliphatic hydroxyl groups is 4. The maximum Gasteiger partial charge on any atom is 0.0884 e. The third kappa shape index (κ3) is 3.58. The Kier molecular flexibility index (Phi) is 6.19. The van der Waals surface area contributed by atoms with Crippen LogP contribution in [-0.2, 0) is 0 Å². The van der Waals surface area contributed by atoms with Crippen LogP contribution in [0.3, 0.4) is 0 Å². The molecule has 0 radical (unpaired) electrons. The zero-order valence-corrected chi connectivity index (χ0v) is 7.90. The Bertz CT molecular complexity index is 115. The van der Waals surface area contributed by atoms with E-state index in [2.05, 4.69) is 5.32 Å². The molecule has 1 unspecified atom stereocenters. The quantitative estimate of drug-likeness (QED) is 0.324. The average molecular weight is 193 g/mol. The van der Waals surface area contributed by atoms with Crippen LogP contribution in [-0.4, -0.2) is 58.4 Å². The molecule has 0 saturated carbocycles. The summed E-state index contributed by atoms with van der Waals surface area (Å²) in [6, 6.07) is -0.216. The van der Waals surface area contributed by atoms with Gasteiger partial charge in [0, 0.05) is 6.04 Å². The number of hydrogen-bond acceptors (Lipinski definition) is 5. The fraction of sp³-hybridized carbons (Fsp3) is 1.00. The summed E-state index contributed by atoms with van der Waals surface area (Å²) >= 11 is 0. The summed E-state index contributed by atoms with van der Waals surface area (Å²) in [5.41, 5.74) is -1.09. The molecule has 0 bridgehead atoms. The Balaban J connectivity index is 4.21. The molecule has 0 aliphatic heterocycles. The van der Waals surface area contributed by atoms with Gasteiger partial charge >= 0.3 is 0 Å². The molecule has 0 rings (SSSR count). The molecule has 0 aliphatic rings. The van der Waals surface area contributed by atoms with E-state index in [1.54, 1.807) is 0 Å². The zero-order chi connectivity index (χ0) is 10.3. The normalized spacial score (nSPS) is 14.5. The van der Waals surface area contributed by atoms with Crippen LogP contribution in [0.5, 0.6) is 0 Å². The summed E-state index contributed by atoms with van der Waals surface area (Å²) in [6.07, 6.45) is 0.665. The molecular weight excluding hydrogens is 174 g/mol. The molecule has 0 saturated heterocycles. The molecule has 80 valence electrons. The Labute approximate surface area is 78.0 Å². The van der Waals surface area contributed by atoms with Crippen LogP contribution in [0.4, 0.5) is 0 Å². The molecule has 0 amide bonds. The van der Waals surface area contributed by atoms with Gasteiger partial charge in [0.05, 0.1) is 32.0 Å². The summed E-state index contributed by atoms with van der Waals surface area (Å²) in [5.74, 6) is 0. The van der Waals surface area contributed by atoms with Gasteiger partial charge in [-0.25, -0.2) is 0 Å². The minimum absolute atomic E-state index is 0.0851. The number of rotatable bonds is 7. The van der Waals surface area contributed by atoms with Gasteiger partial charge in [0.2, 0.25) is 0 Å². The second-order valence-electron chi connectivity index (χ2n) is 3.19. The van der Waals surface area contributed by atoms with Crippen molar-refractivity contribution in [3.05, 3.63) is 0 Å².